The van der Waals surface area contributed by atoms with E-state index in [-0.39, 0.29) is 0 Å². The Morgan fingerprint density at radius 2 is 1.73 bits per heavy atom. The summed E-state index contributed by atoms with van der Waals surface area (Å²) < 4.78 is 23.1. The highest BCUT2D eigenvalue weighted by atomic mass is 32.2. The van der Waals surface area contributed by atoms with Gasteiger partial charge in [0, 0.05) is 23.9 Å². The number of sulfone groups is 1. The number of anilines is 1. The minimum atomic E-state index is -3.18. The van der Waals surface area contributed by atoms with Crippen LogP contribution in [0, 0.1) is 5.92 Å². The number of nitrogens with zero attached hydrogens (tertiary/aromatic N) is 3. The molecule has 0 saturated carbocycles. The monoisotopic (exact) mass is 372 g/mol. The summed E-state index contributed by atoms with van der Waals surface area (Å²) in [7, 11) is -3.18. The van der Waals surface area contributed by atoms with Crippen molar-refractivity contribution in [2.45, 2.75) is 36.7 Å². The van der Waals surface area contributed by atoms with Crippen molar-refractivity contribution in [1.29, 1.82) is 0 Å². The van der Waals surface area contributed by atoms with Crippen LogP contribution in [0.2, 0.25) is 0 Å². The lowest BCUT2D eigenvalue weighted by Crippen LogP contribution is -2.59. The molecule has 7 heteroatoms. The average Bonchev–Trinajstić information content (AvgIpc) is 2.65. The van der Waals surface area contributed by atoms with Crippen LogP contribution in [0.15, 0.2) is 41.3 Å². The number of nitrogens with one attached hydrogen (secondary N) is 1. The highest BCUT2D eigenvalue weighted by Gasteiger charge is 2.39. The topological polar surface area (TPSA) is 75.2 Å². The highest BCUT2D eigenvalue weighted by molar-refractivity contribution is 7.90. The Hall–Kier alpha value is -1.99. The smallest absolute Gasteiger partial charge is 0.175 e. The van der Waals surface area contributed by atoms with Crippen LogP contribution < -0.4 is 5.32 Å². The number of hydrogen-bond acceptors (Lipinski definition) is 6. The maximum atomic E-state index is 11.6. The van der Waals surface area contributed by atoms with Gasteiger partial charge in [-0.2, -0.15) is 0 Å². The first-order valence-corrected chi connectivity index (χ1v) is 11.0. The molecule has 0 amide bonds. The quantitative estimate of drug-likeness (QED) is 0.888. The Kier molecular flexibility index (Phi) is 4.44. The lowest BCUT2D eigenvalue weighted by molar-refractivity contribution is 0.0457. The molecule has 26 heavy (non-hydrogen) atoms. The molecule has 0 radical (unpaired) electrons. The van der Waals surface area contributed by atoms with Crippen LogP contribution in [-0.4, -0.2) is 54.9 Å². The Labute approximate surface area is 154 Å². The molecule has 2 aromatic rings. The Balaban J connectivity index is 1.48. The second kappa shape index (κ2) is 6.63. The van der Waals surface area contributed by atoms with E-state index in [0.717, 1.165) is 17.1 Å². The fourth-order valence-electron chi connectivity index (χ4n) is 4.15. The van der Waals surface area contributed by atoms with Crippen molar-refractivity contribution in [3.63, 3.8) is 0 Å². The zero-order chi connectivity index (χ0) is 18.3. The van der Waals surface area contributed by atoms with E-state index < -0.39 is 9.84 Å². The predicted octanol–water partition coefficient (Wildman–Crippen LogP) is 2.44. The van der Waals surface area contributed by atoms with Crippen LogP contribution in [0.3, 0.4) is 0 Å². The molecule has 0 aliphatic carbocycles. The molecule has 6 nitrogen and oxygen atoms in total. The highest BCUT2D eigenvalue weighted by Crippen LogP contribution is 2.33. The second-order valence-corrected chi connectivity index (χ2v) is 9.40. The number of benzene rings is 1. The van der Waals surface area contributed by atoms with Crippen molar-refractivity contribution < 1.29 is 8.42 Å². The van der Waals surface area contributed by atoms with Crippen molar-refractivity contribution in [1.82, 2.24) is 15.1 Å². The van der Waals surface area contributed by atoms with Gasteiger partial charge in [-0.05, 0) is 63.0 Å². The van der Waals surface area contributed by atoms with Gasteiger partial charge >= 0.3 is 0 Å². The van der Waals surface area contributed by atoms with Crippen molar-refractivity contribution >= 4 is 15.7 Å². The minimum Gasteiger partial charge on any atom is -0.364 e. The summed E-state index contributed by atoms with van der Waals surface area (Å²) in [6.07, 6.45) is 3.71. The van der Waals surface area contributed by atoms with E-state index in [2.05, 4.69) is 27.3 Å². The molecule has 1 aromatic carbocycles. The van der Waals surface area contributed by atoms with Crippen LogP contribution in [-0.2, 0) is 9.84 Å². The number of fused-ring (bicyclic) bond motifs is 3. The lowest BCUT2D eigenvalue weighted by atomic mass is 9.79. The molecule has 0 unspecified atom stereocenters. The van der Waals surface area contributed by atoms with E-state index in [0.29, 0.717) is 22.9 Å². The Morgan fingerprint density at radius 3 is 2.27 bits per heavy atom. The van der Waals surface area contributed by atoms with Crippen LogP contribution in [0.1, 0.15) is 19.8 Å². The van der Waals surface area contributed by atoms with Gasteiger partial charge in [0.1, 0.15) is 5.82 Å². The summed E-state index contributed by atoms with van der Waals surface area (Å²) in [5.74, 6) is 1.51. The van der Waals surface area contributed by atoms with Crippen LogP contribution >= 0.6 is 0 Å². The van der Waals surface area contributed by atoms with E-state index in [9.17, 15) is 8.42 Å². The fourth-order valence-corrected chi connectivity index (χ4v) is 4.78. The number of rotatable bonds is 4. The summed E-state index contributed by atoms with van der Waals surface area (Å²) in [4.78, 5) is 2.85. The third-order valence-electron chi connectivity index (χ3n) is 5.74. The molecule has 3 aliphatic heterocycles. The normalized spacial score (nSPS) is 28.1. The molecule has 0 spiro atoms. The van der Waals surface area contributed by atoms with Crippen LogP contribution in [0.25, 0.3) is 11.3 Å². The zero-order valence-electron chi connectivity index (χ0n) is 15.1. The van der Waals surface area contributed by atoms with E-state index >= 15 is 0 Å². The van der Waals surface area contributed by atoms with Crippen molar-refractivity contribution in [2.24, 2.45) is 5.92 Å². The van der Waals surface area contributed by atoms with Gasteiger partial charge in [0.15, 0.2) is 9.84 Å². The van der Waals surface area contributed by atoms with E-state index in [1.54, 1.807) is 24.3 Å². The predicted molar refractivity (Wildman–Crippen MR) is 102 cm³/mol. The second-order valence-electron chi connectivity index (χ2n) is 7.38. The lowest BCUT2D eigenvalue weighted by Gasteiger charge is -2.50. The maximum Gasteiger partial charge on any atom is 0.175 e. The fraction of sp³-hybridized carbons (Fsp3) is 0.474. The van der Waals surface area contributed by atoms with Crippen molar-refractivity contribution in [3.05, 3.63) is 36.4 Å². The van der Waals surface area contributed by atoms with Gasteiger partial charge in [-0.15, -0.1) is 10.2 Å². The first-order valence-electron chi connectivity index (χ1n) is 9.06. The van der Waals surface area contributed by atoms with E-state index in [1.807, 2.05) is 12.1 Å². The molecular formula is C19H24N4O2S. The molecule has 2 bridgehead atoms. The number of aromatic nitrogens is 2. The molecule has 4 heterocycles. The summed E-state index contributed by atoms with van der Waals surface area (Å²) in [5.41, 5.74) is 1.59. The molecular weight excluding hydrogens is 348 g/mol. The molecule has 2 atom stereocenters. The zero-order valence-corrected chi connectivity index (χ0v) is 15.9. The van der Waals surface area contributed by atoms with Crippen LogP contribution in [0.5, 0.6) is 0 Å². The Bertz CT molecular complexity index is 871. The van der Waals surface area contributed by atoms with Gasteiger partial charge in [-0.3, -0.25) is 4.90 Å². The van der Waals surface area contributed by atoms with Gasteiger partial charge in [-0.25, -0.2) is 8.42 Å². The molecule has 1 N–H and O–H groups in total. The van der Waals surface area contributed by atoms with Crippen LogP contribution in [0.4, 0.5) is 5.82 Å². The van der Waals surface area contributed by atoms with Gasteiger partial charge < -0.3 is 5.32 Å². The standard InChI is InChI=1S/C19H24N4O2S/c1-13-19(15-9-11-23(13)12-10-15)20-18-8-7-17(21-22-18)14-3-5-16(6-4-14)26(2,24)25/h3-8,13,15,19H,9-12H2,1-2H3,(H,20,22)/t13-,19+/m1/s1. The van der Waals surface area contributed by atoms with Crippen molar-refractivity contribution in [2.75, 3.05) is 24.7 Å². The summed E-state index contributed by atoms with van der Waals surface area (Å²) in [6.45, 7) is 4.70. The largest absolute Gasteiger partial charge is 0.364 e. The molecule has 3 aliphatic rings. The SMILES string of the molecule is C[C@@H]1[C@H](Nc2ccc(-c3ccc(S(C)(=O)=O)cc3)nn2)C2CCN1CC2. The van der Waals surface area contributed by atoms with Gasteiger partial charge in [-0.1, -0.05) is 12.1 Å². The third-order valence-corrected chi connectivity index (χ3v) is 6.86. The maximum absolute atomic E-state index is 11.6. The molecule has 5 rings (SSSR count). The summed E-state index contributed by atoms with van der Waals surface area (Å²) in [6, 6.07) is 11.6. The third kappa shape index (κ3) is 3.33. The number of piperidine rings is 3. The summed E-state index contributed by atoms with van der Waals surface area (Å²) >= 11 is 0. The first-order chi connectivity index (χ1) is 12.4. The van der Waals surface area contributed by atoms with E-state index in [1.165, 1.54) is 32.2 Å². The molecule has 3 fully saturated rings. The first kappa shape index (κ1) is 17.4. The van der Waals surface area contributed by atoms with Gasteiger partial charge in [0.25, 0.3) is 0 Å². The number of hydrogen-bond donors (Lipinski definition) is 1. The average molecular weight is 372 g/mol. The minimum absolute atomic E-state index is 0.309. The van der Waals surface area contributed by atoms with Gasteiger partial charge in [0.2, 0.25) is 0 Å². The molecule has 1 aromatic heterocycles. The van der Waals surface area contributed by atoms with Crippen molar-refractivity contribution in [3.8, 4) is 11.3 Å². The molecule has 3 saturated heterocycles. The molecule has 138 valence electrons. The summed E-state index contributed by atoms with van der Waals surface area (Å²) in [5, 5.41) is 12.2. The van der Waals surface area contributed by atoms with E-state index in [4.69, 9.17) is 0 Å². The van der Waals surface area contributed by atoms with Gasteiger partial charge in [0.05, 0.1) is 10.6 Å². The Morgan fingerprint density at radius 1 is 1.04 bits per heavy atom.